The molecule has 0 fully saturated rings. The Morgan fingerprint density at radius 2 is 1.36 bits per heavy atom. The van der Waals surface area contributed by atoms with E-state index in [0.717, 1.165) is 27.8 Å². The molecule has 2 N–H and O–H groups in total. The average molecular weight is 490 g/mol. The second kappa shape index (κ2) is 11.8. The lowest BCUT2D eigenvalue weighted by Gasteiger charge is -2.21. The molecule has 0 saturated heterocycles. The Bertz CT molecular complexity index is 1140. The van der Waals surface area contributed by atoms with Gasteiger partial charge in [-0.3, -0.25) is 4.79 Å². The summed E-state index contributed by atoms with van der Waals surface area (Å²) in [4.78, 5) is 24.3. The van der Waals surface area contributed by atoms with Gasteiger partial charge in [0, 0.05) is 24.7 Å². The van der Waals surface area contributed by atoms with Crippen molar-refractivity contribution in [1.29, 1.82) is 0 Å². The third-order valence-corrected chi connectivity index (χ3v) is 6.26. The monoisotopic (exact) mass is 489 g/mol. The molecule has 7 heteroatoms. The van der Waals surface area contributed by atoms with Gasteiger partial charge in [-0.2, -0.15) is 0 Å². The summed E-state index contributed by atoms with van der Waals surface area (Å²) >= 11 is 0. The number of nitrogens with one attached hydrogen (secondary N) is 1. The molecule has 0 bridgehead atoms. The lowest BCUT2D eigenvalue weighted by molar-refractivity contribution is -0.140. The molecule has 36 heavy (non-hydrogen) atoms. The largest absolute Gasteiger partial charge is 0.481 e. The number of hydrogen-bond acceptors (Lipinski definition) is 5. The van der Waals surface area contributed by atoms with E-state index < -0.39 is 24.4 Å². The van der Waals surface area contributed by atoms with Gasteiger partial charge in [0.05, 0.1) is 12.5 Å². The summed E-state index contributed by atoms with van der Waals surface area (Å²) < 4.78 is 16.9. The number of benzene rings is 3. The molecular formula is C29H31NO6. The van der Waals surface area contributed by atoms with Gasteiger partial charge in [-0.15, -0.1) is 0 Å². The fourth-order valence-corrected chi connectivity index (χ4v) is 4.64. The van der Waals surface area contributed by atoms with E-state index in [2.05, 4.69) is 17.4 Å². The van der Waals surface area contributed by atoms with Crippen molar-refractivity contribution in [2.45, 2.75) is 38.5 Å². The minimum absolute atomic E-state index is 0.0746. The van der Waals surface area contributed by atoms with Crippen LogP contribution in [-0.4, -0.2) is 37.0 Å². The molecule has 0 heterocycles. The van der Waals surface area contributed by atoms with E-state index in [1.54, 1.807) is 12.1 Å². The minimum atomic E-state index is -1.02. The molecule has 1 amide bonds. The van der Waals surface area contributed by atoms with E-state index in [1.165, 1.54) is 0 Å². The highest BCUT2D eigenvalue weighted by atomic mass is 16.7. The Morgan fingerprint density at radius 3 is 1.89 bits per heavy atom. The first-order valence-electron chi connectivity index (χ1n) is 12.2. The van der Waals surface area contributed by atoms with Gasteiger partial charge in [0.1, 0.15) is 6.61 Å². The number of carbonyl (C=O) groups excluding carboxylic acids is 1. The van der Waals surface area contributed by atoms with Crippen molar-refractivity contribution in [3.8, 4) is 11.1 Å². The molecule has 0 saturated carbocycles. The second-order valence-electron chi connectivity index (χ2n) is 8.53. The highest BCUT2D eigenvalue weighted by Gasteiger charge is 2.29. The van der Waals surface area contributed by atoms with Crippen LogP contribution in [0, 0.1) is 0 Å². The molecule has 7 nitrogen and oxygen atoms in total. The van der Waals surface area contributed by atoms with Crippen LogP contribution in [0.5, 0.6) is 0 Å². The first-order valence-corrected chi connectivity index (χ1v) is 12.2. The summed E-state index contributed by atoms with van der Waals surface area (Å²) in [7, 11) is 0. The predicted molar refractivity (Wildman–Crippen MR) is 136 cm³/mol. The summed E-state index contributed by atoms with van der Waals surface area (Å²) in [5.41, 5.74) is 5.98. The zero-order chi connectivity index (χ0) is 25.5. The summed E-state index contributed by atoms with van der Waals surface area (Å²) in [5, 5.41) is 12.2. The molecule has 0 aliphatic heterocycles. The summed E-state index contributed by atoms with van der Waals surface area (Å²) in [5.74, 6) is -1.10. The van der Waals surface area contributed by atoms with Crippen molar-refractivity contribution >= 4 is 12.1 Å². The third-order valence-electron chi connectivity index (χ3n) is 6.26. The standard InChI is InChI=1S/C29H31NO6/c1-3-34-28(35-4-2)20-15-13-19(14-16-20)26(17-27(31)32)30-29(33)36-18-25-23-11-7-5-9-21(23)22-10-6-8-12-24(22)25/h5-16,25-26,28H,3-4,17-18H2,1-2H3,(H,30,33)(H,31,32)/t26-/m1/s1. The summed E-state index contributed by atoms with van der Waals surface area (Å²) in [6.45, 7) is 4.93. The summed E-state index contributed by atoms with van der Waals surface area (Å²) in [6.07, 6.45) is -1.43. The van der Waals surface area contributed by atoms with Crippen LogP contribution >= 0.6 is 0 Å². The van der Waals surface area contributed by atoms with E-state index in [0.29, 0.717) is 18.8 Å². The smallest absolute Gasteiger partial charge is 0.407 e. The molecule has 1 atom stereocenters. The van der Waals surface area contributed by atoms with Crippen LogP contribution in [0.25, 0.3) is 11.1 Å². The molecule has 3 aromatic rings. The van der Waals surface area contributed by atoms with Gasteiger partial charge in [0.25, 0.3) is 0 Å². The van der Waals surface area contributed by atoms with Gasteiger partial charge >= 0.3 is 12.1 Å². The first kappa shape index (κ1) is 25.4. The lowest BCUT2D eigenvalue weighted by atomic mass is 9.98. The van der Waals surface area contributed by atoms with Crippen LogP contribution < -0.4 is 5.32 Å². The van der Waals surface area contributed by atoms with Crippen molar-refractivity contribution in [2.75, 3.05) is 19.8 Å². The minimum Gasteiger partial charge on any atom is -0.481 e. The maximum absolute atomic E-state index is 12.8. The predicted octanol–water partition coefficient (Wildman–Crippen LogP) is 5.81. The van der Waals surface area contributed by atoms with E-state index in [1.807, 2.05) is 62.4 Å². The van der Waals surface area contributed by atoms with Crippen LogP contribution in [0.3, 0.4) is 0 Å². The number of carboxylic acid groups (broad SMARTS) is 1. The van der Waals surface area contributed by atoms with E-state index in [4.69, 9.17) is 14.2 Å². The van der Waals surface area contributed by atoms with Crippen LogP contribution in [-0.2, 0) is 19.0 Å². The maximum atomic E-state index is 12.8. The lowest BCUT2D eigenvalue weighted by Crippen LogP contribution is -2.31. The number of carbonyl (C=O) groups is 2. The Morgan fingerprint density at radius 1 is 0.833 bits per heavy atom. The normalized spacial score (nSPS) is 13.2. The SMILES string of the molecule is CCOC(OCC)c1ccc([C@@H](CC(=O)O)NC(=O)OCC2c3ccccc3-c3ccccc32)cc1. The van der Waals surface area contributed by atoms with Gasteiger partial charge in [0.2, 0.25) is 0 Å². The molecule has 0 unspecified atom stereocenters. The van der Waals surface area contributed by atoms with Crippen molar-refractivity contribution in [1.82, 2.24) is 5.32 Å². The molecule has 0 radical (unpaired) electrons. The highest BCUT2D eigenvalue weighted by molar-refractivity contribution is 5.79. The second-order valence-corrected chi connectivity index (χ2v) is 8.53. The molecule has 0 spiro atoms. The topological polar surface area (TPSA) is 94.1 Å². The maximum Gasteiger partial charge on any atom is 0.407 e. The van der Waals surface area contributed by atoms with Crippen molar-refractivity contribution in [3.63, 3.8) is 0 Å². The van der Waals surface area contributed by atoms with Crippen LogP contribution in [0.4, 0.5) is 4.79 Å². The van der Waals surface area contributed by atoms with Gasteiger partial charge < -0.3 is 24.6 Å². The number of fused-ring (bicyclic) bond motifs is 3. The zero-order valence-electron chi connectivity index (χ0n) is 20.5. The Hall–Kier alpha value is -3.68. The number of hydrogen-bond donors (Lipinski definition) is 2. The van der Waals surface area contributed by atoms with Gasteiger partial charge in [-0.05, 0) is 41.7 Å². The first-order chi connectivity index (χ1) is 17.5. The zero-order valence-corrected chi connectivity index (χ0v) is 20.5. The number of carboxylic acids is 1. The Balaban J connectivity index is 1.44. The fourth-order valence-electron chi connectivity index (χ4n) is 4.64. The van der Waals surface area contributed by atoms with Crippen molar-refractivity contribution in [3.05, 3.63) is 95.1 Å². The molecule has 188 valence electrons. The van der Waals surface area contributed by atoms with Crippen LogP contribution in [0.2, 0.25) is 0 Å². The molecular weight excluding hydrogens is 458 g/mol. The van der Waals surface area contributed by atoms with Crippen molar-refractivity contribution < 1.29 is 28.9 Å². The number of rotatable bonds is 11. The van der Waals surface area contributed by atoms with E-state index in [-0.39, 0.29) is 18.9 Å². The fraction of sp³-hybridized carbons (Fsp3) is 0.310. The Kier molecular flexibility index (Phi) is 8.36. The number of amides is 1. The highest BCUT2D eigenvalue weighted by Crippen LogP contribution is 2.44. The summed E-state index contributed by atoms with van der Waals surface area (Å²) in [6, 6.07) is 22.6. The third kappa shape index (κ3) is 5.75. The van der Waals surface area contributed by atoms with Gasteiger partial charge in [0.15, 0.2) is 6.29 Å². The molecule has 4 rings (SSSR count). The van der Waals surface area contributed by atoms with E-state index in [9.17, 15) is 14.7 Å². The number of ether oxygens (including phenoxy) is 3. The number of alkyl carbamates (subject to hydrolysis) is 1. The molecule has 1 aliphatic rings. The molecule has 1 aliphatic carbocycles. The molecule has 3 aromatic carbocycles. The van der Waals surface area contributed by atoms with Gasteiger partial charge in [-0.25, -0.2) is 4.79 Å². The van der Waals surface area contributed by atoms with E-state index >= 15 is 0 Å². The quantitative estimate of drug-likeness (QED) is 0.330. The van der Waals surface area contributed by atoms with Gasteiger partial charge in [-0.1, -0.05) is 72.8 Å². The van der Waals surface area contributed by atoms with Crippen LogP contribution in [0.15, 0.2) is 72.8 Å². The van der Waals surface area contributed by atoms with Crippen LogP contribution in [0.1, 0.15) is 60.8 Å². The molecule has 0 aromatic heterocycles. The average Bonchev–Trinajstić information content (AvgIpc) is 3.20. The number of aliphatic carboxylic acids is 1. The van der Waals surface area contributed by atoms with Crippen molar-refractivity contribution in [2.24, 2.45) is 0 Å². The Labute approximate surface area is 211 Å².